The summed E-state index contributed by atoms with van der Waals surface area (Å²) in [5.74, 6) is -2.84. The van der Waals surface area contributed by atoms with E-state index in [4.69, 9.17) is 11.6 Å². The van der Waals surface area contributed by atoms with Crippen molar-refractivity contribution in [2.45, 2.75) is 5.92 Å². The van der Waals surface area contributed by atoms with Gasteiger partial charge in [0.1, 0.15) is 5.92 Å². The normalized spacial score (nSPS) is 18.0. The summed E-state index contributed by atoms with van der Waals surface area (Å²) in [6, 6.07) is 18.4. The molecular formula is C22H14ClN5O2S2. The van der Waals surface area contributed by atoms with Crippen LogP contribution in [0.5, 0.6) is 0 Å². The molecule has 0 fully saturated rings. The number of amides is 2. The van der Waals surface area contributed by atoms with Crippen LogP contribution in [0, 0.1) is 28.6 Å². The van der Waals surface area contributed by atoms with Crippen LogP contribution in [0.2, 0.25) is 5.02 Å². The van der Waals surface area contributed by atoms with Crippen molar-refractivity contribution in [3.63, 3.8) is 0 Å². The van der Waals surface area contributed by atoms with Gasteiger partial charge in [0.25, 0.3) is 0 Å². The van der Waals surface area contributed by atoms with E-state index < -0.39 is 17.7 Å². The maximum absolute atomic E-state index is 12.6. The van der Waals surface area contributed by atoms with Gasteiger partial charge in [-0.2, -0.15) is 10.5 Å². The van der Waals surface area contributed by atoms with Crippen LogP contribution in [-0.2, 0) is 9.59 Å². The summed E-state index contributed by atoms with van der Waals surface area (Å²) in [5, 5.41) is 25.8. The molecular weight excluding hydrogens is 466 g/mol. The molecule has 2 amide bonds. The Morgan fingerprint density at radius 1 is 1.22 bits per heavy atom. The zero-order chi connectivity index (χ0) is 22.7. The lowest BCUT2D eigenvalue weighted by molar-refractivity contribution is -0.123. The van der Waals surface area contributed by atoms with E-state index in [9.17, 15) is 20.1 Å². The first-order chi connectivity index (χ1) is 15.5. The highest BCUT2D eigenvalue weighted by atomic mass is 35.5. The number of halogens is 1. The van der Waals surface area contributed by atoms with Crippen molar-refractivity contribution in [2.24, 2.45) is 5.92 Å². The van der Waals surface area contributed by atoms with Crippen molar-refractivity contribution < 1.29 is 9.59 Å². The summed E-state index contributed by atoms with van der Waals surface area (Å²) in [6.07, 6.45) is 0. The molecule has 10 heteroatoms. The number of fused-ring (bicyclic) bond motifs is 1. The molecule has 0 unspecified atom stereocenters. The van der Waals surface area contributed by atoms with Gasteiger partial charge in [-0.15, -0.1) is 0 Å². The second-order valence-corrected chi connectivity index (χ2v) is 9.20. The fourth-order valence-electron chi connectivity index (χ4n) is 3.36. The van der Waals surface area contributed by atoms with Crippen LogP contribution in [0.4, 0.5) is 5.13 Å². The van der Waals surface area contributed by atoms with Crippen molar-refractivity contribution in [2.75, 3.05) is 11.1 Å². The lowest BCUT2D eigenvalue weighted by atomic mass is 9.79. The molecule has 0 radical (unpaired) electrons. The summed E-state index contributed by atoms with van der Waals surface area (Å²) in [4.78, 5) is 29.4. The maximum Gasteiger partial charge on any atom is 0.243 e. The largest absolute Gasteiger partial charge is 0.319 e. The maximum atomic E-state index is 12.6. The number of thiazole rings is 1. The number of carbonyl (C=O) groups excluding carboxylic acids is 2. The SMILES string of the molecule is N#CC1=C(SCC(=O)Nc2nc3ccccc3s2)NC(=O)[C@@H](C#N)[C@H]1c1ccccc1Cl. The summed E-state index contributed by atoms with van der Waals surface area (Å²) in [5.41, 5.74) is 1.51. The van der Waals surface area contributed by atoms with E-state index >= 15 is 0 Å². The van der Waals surface area contributed by atoms with Gasteiger partial charge in [0.05, 0.1) is 38.7 Å². The van der Waals surface area contributed by atoms with Crippen LogP contribution < -0.4 is 10.6 Å². The number of hydrogen-bond donors (Lipinski definition) is 2. The molecule has 0 bridgehead atoms. The third kappa shape index (κ3) is 4.32. The third-order valence-corrected chi connectivity index (χ3v) is 7.11. The number of nitrogens with one attached hydrogen (secondary N) is 2. The predicted octanol–water partition coefficient (Wildman–Crippen LogP) is 4.41. The average molecular weight is 480 g/mol. The highest BCUT2D eigenvalue weighted by molar-refractivity contribution is 8.03. The topological polar surface area (TPSA) is 119 Å². The van der Waals surface area contributed by atoms with Gasteiger partial charge in [-0.25, -0.2) is 4.98 Å². The average Bonchev–Trinajstić information content (AvgIpc) is 3.19. The second-order valence-electron chi connectivity index (χ2n) is 6.77. The van der Waals surface area contributed by atoms with Crippen molar-refractivity contribution in [3.8, 4) is 12.1 Å². The monoisotopic (exact) mass is 479 g/mol. The molecule has 2 aromatic carbocycles. The van der Waals surface area contributed by atoms with Crippen molar-refractivity contribution in [1.82, 2.24) is 10.3 Å². The van der Waals surface area contributed by atoms with Crippen LogP contribution >= 0.6 is 34.7 Å². The second kappa shape index (κ2) is 9.41. The van der Waals surface area contributed by atoms with Gasteiger partial charge >= 0.3 is 0 Å². The lowest BCUT2D eigenvalue weighted by Gasteiger charge is -2.29. The number of anilines is 1. The Kier molecular flexibility index (Phi) is 6.42. The molecule has 0 saturated carbocycles. The van der Waals surface area contributed by atoms with E-state index in [-0.39, 0.29) is 22.3 Å². The number of benzene rings is 2. The molecule has 4 rings (SSSR count). The Morgan fingerprint density at radius 3 is 2.69 bits per heavy atom. The molecule has 2 N–H and O–H groups in total. The van der Waals surface area contributed by atoms with E-state index in [2.05, 4.69) is 21.7 Å². The molecule has 1 aromatic heterocycles. The van der Waals surface area contributed by atoms with Crippen LogP contribution in [0.3, 0.4) is 0 Å². The van der Waals surface area contributed by atoms with Gasteiger partial charge in [0, 0.05) is 10.9 Å². The Morgan fingerprint density at radius 2 is 1.97 bits per heavy atom. The number of carbonyl (C=O) groups is 2. The van der Waals surface area contributed by atoms with Gasteiger partial charge in [0.15, 0.2) is 5.13 Å². The first-order valence-electron chi connectivity index (χ1n) is 9.39. The molecule has 2 heterocycles. The van der Waals surface area contributed by atoms with Gasteiger partial charge < -0.3 is 10.6 Å². The van der Waals surface area contributed by atoms with E-state index in [0.717, 1.165) is 22.0 Å². The molecule has 1 aliphatic heterocycles. The van der Waals surface area contributed by atoms with Gasteiger partial charge in [-0.1, -0.05) is 65.0 Å². The van der Waals surface area contributed by atoms with Gasteiger partial charge in [0.2, 0.25) is 11.8 Å². The lowest BCUT2D eigenvalue weighted by Crippen LogP contribution is -2.39. The van der Waals surface area contributed by atoms with Gasteiger partial charge in [-0.05, 0) is 23.8 Å². The third-order valence-electron chi connectivity index (χ3n) is 4.80. The number of nitrogens with zero attached hydrogens (tertiary/aromatic N) is 3. The van der Waals surface area contributed by atoms with E-state index in [1.54, 1.807) is 24.3 Å². The highest BCUT2D eigenvalue weighted by Crippen LogP contribution is 2.41. The number of nitriles is 2. The number of rotatable bonds is 5. The zero-order valence-electron chi connectivity index (χ0n) is 16.3. The molecule has 2 atom stereocenters. The van der Waals surface area contributed by atoms with Crippen LogP contribution in [0.1, 0.15) is 11.5 Å². The minimum atomic E-state index is -1.11. The minimum absolute atomic E-state index is 0.0524. The number of para-hydroxylation sites is 1. The number of thioether (sulfide) groups is 1. The Bertz CT molecular complexity index is 1300. The first-order valence-corrected chi connectivity index (χ1v) is 11.6. The van der Waals surface area contributed by atoms with Crippen LogP contribution in [0.15, 0.2) is 59.1 Å². The molecule has 7 nitrogen and oxygen atoms in total. The van der Waals surface area contributed by atoms with Crippen LogP contribution in [0.25, 0.3) is 10.2 Å². The van der Waals surface area contributed by atoms with E-state index in [1.165, 1.54) is 11.3 Å². The molecule has 3 aromatic rings. The fraction of sp³-hybridized carbons (Fsp3) is 0.136. The van der Waals surface area contributed by atoms with Crippen molar-refractivity contribution in [1.29, 1.82) is 10.5 Å². The standard InChI is InChI=1S/C22H14ClN5O2S2/c23-15-6-2-1-5-12(15)19-13(9-24)20(30)28-21(14(19)10-25)31-11-18(29)27-22-26-16-7-3-4-8-17(16)32-22/h1-8,13,19H,11H2,(H,28,30)(H,26,27,29)/t13-,19+/m0/s1. The number of aromatic nitrogens is 1. The fourth-order valence-corrected chi connectivity index (χ4v) is 5.35. The molecule has 158 valence electrons. The molecule has 0 spiro atoms. The number of allylic oxidation sites excluding steroid dienone is 1. The number of hydrogen-bond acceptors (Lipinski definition) is 7. The zero-order valence-corrected chi connectivity index (χ0v) is 18.7. The Hall–Kier alpha value is -3.37. The first kappa shape index (κ1) is 21.8. The summed E-state index contributed by atoms with van der Waals surface area (Å²) in [6.45, 7) is 0. The molecule has 0 aliphatic carbocycles. The van der Waals surface area contributed by atoms with E-state index in [1.807, 2.05) is 30.3 Å². The Labute approximate surface area is 196 Å². The predicted molar refractivity (Wildman–Crippen MR) is 125 cm³/mol. The summed E-state index contributed by atoms with van der Waals surface area (Å²) in [7, 11) is 0. The summed E-state index contributed by atoms with van der Waals surface area (Å²) < 4.78 is 0.953. The molecule has 0 saturated heterocycles. The Balaban J connectivity index is 1.56. The van der Waals surface area contributed by atoms with Crippen molar-refractivity contribution >= 4 is 61.9 Å². The smallest absolute Gasteiger partial charge is 0.243 e. The molecule has 32 heavy (non-hydrogen) atoms. The van der Waals surface area contributed by atoms with Crippen molar-refractivity contribution in [3.05, 3.63) is 69.7 Å². The molecule has 1 aliphatic rings. The van der Waals surface area contributed by atoms with Crippen LogP contribution in [-0.4, -0.2) is 22.6 Å². The quantitative estimate of drug-likeness (QED) is 0.559. The van der Waals surface area contributed by atoms with E-state index in [0.29, 0.717) is 15.7 Å². The highest BCUT2D eigenvalue weighted by Gasteiger charge is 2.40. The van der Waals surface area contributed by atoms with Gasteiger partial charge in [-0.3, -0.25) is 9.59 Å². The minimum Gasteiger partial charge on any atom is -0.319 e. The summed E-state index contributed by atoms with van der Waals surface area (Å²) >= 11 is 8.68.